The van der Waals surface area contributed by atoms with Gasteiger partial charge in [0.05, 0.1) is 11.3 Å². The maximum atomic E-state index is 12.5. The first kappa shape index (κ1) is 14.3. The highest BCUT2D eigenvalue weighted by molar-refractivity contribution is 9.10. The van der Waals surface area contributed by atoms with Crippen LogP contribution < -0.4 is 4.90 Å². The average molecular weight is 347 g/mol. The van der Waals surface area contributed by atoms with E-state index >= 15 is 0 Å². The molecule has 1 saturated carbocycles. The van der Waals surface area contributed by atoms with Crippen LogP contribution in [0.2, 0.25) is 0 Å². The predicted octanol–water partition coefficient (Wildman–Crippen LogP) is 3.53. The van der Waals surface area contributed by atoms with Gasteiger partial charge in [-0.15, -0.1) is 0 Å². The molecular weight excluding hydrogens is 332 g/mol. The minimum Gasteiger partial charge on any atom is -0.274 e. The highest BCUT2D eigenvalue weighted by Crippen LogP contribution is 2.47. The molecule has 1 aromatic carbocycles. The van der Waals surface area contributed by atoms with Crippen molar-refractivity contribution < 1.29 is 9.59 Å². The molecule has 0 N–H and O–H groups in total. The normalized spacial score (nSPS) is 20.9. The van der Waals surface area contributed by atoms with E-state index in [4.69, 9.17) is 0 Å². The Morgan fingerprint density at radius 3 is 2.33 bits per heavy atom. The molecule has 1 aliphatic carbocycles. The largest absolute Gasteiger partial charge is 0.274 e. The van der Waals surface area contributed by atoms with Crippen LogP contribution in [0.5, 0.6) is 0 Å². The second-order valence-corrected chi connectivity index (χ2v) is 6.87. The lowest BCUT2D eigenvalue weighted by Crippen LogP contribution is -2.47. The molecule has 1 aliphatic heterocycles. The molecule has 1 aromatic rings. The standard InChI is InChI=1S/C16H15BrN2O2/c17-12-3-4-13(11(7-12)10-18)19-14(20)8-16(9-15(19)21)5-1-2-6-16/h3-4,7H,1-2,5-6,8-9H2. The Balaban J connectivity index is 1.95. The van der Waals surface area contributed by atoms with Gasteiger partial charge < -0.3 is 0 Å². The summed E-state index contributed by atoms with van der Waals surface area (Å²) in [6.07, 6.45) is 4.96. The summed E-state index contributed by atoms with van der Waals surface area (Å²) in [5, 5.41) is 9.23. The van der Waals surface area contributed by atoms with Gasteiger partial charge in [0.25, 0.3) is 0 Å². The number of piperidine rings is 1. The zero-order valence-electron chi connectivity index (χ0n) is 11.6. The quantitative estimate of drug-likeness (QED) is 0.730. The Morgan fingerprint density at radius 1 is 1.14 bits per heavy atom. The number of carbonyl (C=O) groups excluding carboxylic acids is 2. The van der Waals surface area contributed by atoms with E-state index in [-0.39, 0.29) is 17.2 Å². The number of anilines is 1. The summed E-state index contributed by atoms with van der Waals surface area (Å²) in [6.45, 7) is 0. The minimum atomic E-state index is -0.174. The van der Waals surface area contributed by atoms with Gasteiger partial charge in [-0.3, -0.25) is 9.59 Å². The Labute approximate surface area is 131 Å². The Morgan fingerprint density at radius 2 is 1.76 bits per heavy atom. The summed E-state index contributed by atoms with van der Waals surface area (Å²) in [7, 11) is 0. The van der Waals surface area contributed by atoms with E-state index in [1.165, 1.54) is 4.90 Å². The first-order valence-corrected chi connectivity index (χ1v) is 7.89. The average Bonchev–Trinajstić information content (AvgIpc) is 2.87. The van der Waals surface area contributed by atoms with Crippen molar-refractivity contribution in [2.75, 3.05) is 4.90 Å². The predicted molar refractivity (Wildman–Crippen MR) is 81.5 cm³/mol. The van der Waals surface area contributed by atoms with Crippen molar-refractivity contribution in [1.82, 2.24) is 0 Å². The number of benzene rings is 1. The molecule has 2 fully saturated rings. The van der Waals surface area contributed by atoms with Gasteiger partial charge in [-0.25, -0.2) is 4.90 Å². The molecule has 3 rings (SSSR count). The highest BCUT2D eigenvalue weighted by Gasteiger charge is 2.45. The second-order valence-electron chi connectivity index (χ2n) is 5.96. The van der Waals surface area contributed by atoms with Crippen LogP contribution in [0.1, 0.15) is 44.1 Å². The molecule has 0 atom stereocenters. The van der Waals surface area contributed by atoms with Crippen molar-refractivity contribution >= 4 is 33.4 Å². The van der Waals surface area contributed by atoms with Crippen molar-refractivity contribution in [2.45, 2.75) is 38.5 Å². The smallest absolute Gasteiger partial charge is 0.234 e. The molecule has 4 nitrogen and oxygen atoms in total. The lowest BCUT2D eigenvalue weighted by atomic mass is 9.76. The van der Waals surface area contributed by atoms with Crippen molar-refractivity contribution in [2.24, 2.45) is 5.41 Å². The van der Waals surface area contributed by atoms with Gasteiger partial charge >= 0.3 is 0 Å². The third kappa shape index (κ3) is 2.49. The molecule has 1 heterocycles. The number of nitrogens with zero attached hydrogens (tertiary/aromatic N) is 2. The first-order chi connectivity index (χ1) is 10.0. The first-order valence-electron chi connectivity index (χ1n) is 7.10. The van der Waals surface area contributed by atoms with Crippen LogP contribution in [0, 0.1) is 16.7 Å². The van der Waals surface area contributed by atoms with Crippen LogP contribution in [0.25, 0.3) is 0 Å². The molecule has 0 unspecified atom stereocenters. The maximum Gasteiger partial charge on any atom is 0.234 e. The number of imide groups is 1. The van der Waals surface area contributed by atoms with Crippen molar-refractivity contribution in [1.29, 1.82) is 5.26 Å². The van der Waals surface area contributed by atoms with E-state index in [0.29, 0.717) is 24.1 Å². The van der Waals surface area contributed by atoms with E-state index in [0.717, 1.165) is 30.2 Å². The number of rotatable bonds is 1. The topological polar surface area (TPSA) is 61.2 Å². The number of hydrogen-bond acceptors (Lipinski definition) is 3. The minimum absolute atomic E-state index is 0.118. The van der Waals surface area contributed by atoms with Crippen molar-refractivity contribution in [3.05, 3.63) is 28.2 Å². The molecule has 2 aliphatic rings. The number of halogens is 1. The van der Waals surface area contributed by atoms with Crippen LogP contribution in [-0.2, 0) is 9.59 Å². The molecule has 1 spiro atoms. The second kappa shape index (κ2) is 5.27. The molecule has 1 saturated heterocycles. The zero-order valence-corrected chi connectivity index (χ0v) is 13.1. The number of amides is 2. The number of nitriles is 1. The summed E-state index contributed by atoms with van der Waals surface area (Å²) in [4.78, 5) is 26.2. The Bertz CT molecular complexity index is 637. The van der Waals surface area contributed by atoms with Crippen LogP contribution in [-0.4, -0.2) is 11.8 Å². The van der Waals surface area contributed by atoms with Crippen LogP contribution in [0.3, 0.4) is 0 Å². The zero-order chi connectivity index (χ0) is 15.0. The molecule has 0 bridgehead atoms. The van der Waals surface area contributed by atoms with Crippen molar-refractivity contribution in [3.63, 3.8) is 0 Å². The third-order valence-corrected chi connectivity index (χ3v) is 5.03. The molecule has 21 heavy (non-hydrogen) atoms. The van der Waals surface area contributed by atoms with Crippen LogP contribution in [0.15, 0.2) is 22.7 Å². The van der Waals surface area contributed by atoms with Gasteiger partial charge in [0.1, 0.15) is 6.07 Å². The Kier molecular flexibility index (Phi) is 3.58. The fraction of sp³-hybridized carbons (Fsp3) is 0.438. The van der Waals surface area contributed by atoms with Crippen molar-refractivity contribution in [3.8, 4) is 6.07 Å². The fourth-order valence-corrected chi connectivity index (χ4v) is 3.90. The SMILES string of the molecule is N#Cc1cc(Br)ccc1N1C(=O)CC2(CCCC2)CC1=O. The van der Waals surface area contributed by atoms with Gasteiger partial charge in [-0.2, -0.15) is 5.26 Å². The summed E-state index contributed by atoms with van der Waals surface area (Å²) in [6, 6.07) is 7.10. The van der Waals surface area contributed by atoms with E-state index in [9.17, 15) is 14.9 Å². The number of hydrogen-bond donors (Lipinski definition) is 0. The van der Waals surface area contributed by atoms with Gasteiger partial charge in [0.2, 0.25) is 11.8 Å². The Hall–Kier alpha value is -1.67. The third-order valence-electron chi connectivity index (χ3n) is 4.54. The van der Waals surface area contributed by atoms with E-state index in [1.54, 1.807) is 18.2 Å². The van der Waals surface area contributed by atoms with Gasteiger partial charge in [-0.05, 0) is 36.5 Å². The summed E-state index contributed by atoms with van der Waals surface area (Å²) >= 11 is 3.30. The van der Waals surface area contributed by atoms with Crippen LogP contribution in [0.4, 0.5) is 5.69 Å². The summed E-state index contributed by atoms with van der Waals surface area (Å²) < 4.78 is 0.756. The fourth-order valence-electron chi connectivity index (χ4n) is 3.54. The van der Waals surface area contributed by atoms with E-state index in [1.807, 2.05) is 0 Å². The monoisotopic (exact) mass is 346 g/mol. The lowest BCUT2D eigenvalue weighted by Gasteiger charge is -2.37. The van der Waals surface area contributed by atoms with Gasteiger partial charge in [-0.1, -0.05) is 28.8 Å². The maximum absolute atomic E-state index is 12.5. The molecule has 108 valence electrons. The summed E-state index contributed by atoms with van der Waals surface area (Å²) in [5.41, 5.74) is 0.629. The molecule has 0 aromatic heterocycles. The highest BCUT2D eigenvalue weighted by atomic mass is 79.9. The van der Waals surface area contributed by atoms with Gasteiger partial charge in [0.15, 0.2) is 0 Å². The van der Waals surface area contributed by atoms with Crippen LogP contribution >= 0.6 is 15.9 Å². The van der Waals surface area contributed by atoms with E-state index < -0.39 is 0 Å². The molecule has 5 heteroatoms. The van der Waals surface area contributed by atoms with Gasteiger partial charge in [0, 0.05) is 17.3 Å². The van der Waals surface area contributed by atoms with E-state index in [2.05, 4.69) is 22.0 Å². The summed E-state index contributed by atoms with van der Waals surface area (Å²) in [5.74, 6) is -0.348. The molecule has 2 amide bonds. The number of carbonyl (C=O) groups is 2. The molecular formula is C16H15BrN2O2. The molecule has 0 radical (unpaired) electrons. The lowest BCUT2D eigenvalue weighted by molar-refractivity contribution is -0.133.